The van der Waals surface area contributed by atoms with Crippen molar-refractivity contribution in [3.05, 3.63) is 35.4 Å². The monoisotopic (exact) mass is 322 g/mol. The van der Waals surface area contributed by atoms with Crippen LogP contribution in [0, 0.1) is 0 Å². The largest absolute Gasteiger partial charge is 0.338 e. The molecule has 5 nitrogen and oxygen atoms in total. The molecular formula is C16H22N2O3S. The van der Waals surface area contributed by atoms with E-state index in [2.05, 4.69) is 17.4 Å². The van der Waals surface area contributed by atoms with E-state index in [1.165, 1.54) is 11.1 Å². The summed E-state index contributed by atoms with van der Waals surface area (Å²) in [4.78, 5) is 14.2. The molecule has 1 amide bonds. The smallest absolute Gasteiger partial charge is 0.224 e. The van der Waals surface area contributed by atoms with Gasteiger partial charge in [-0.2, -0.15) is 0 Å². The fraction of sp³-hybridized carbons (Fsp3) is 0.562. The van der Waals surface area contributed by atoms with Gasteiger partial charge in [0.1, 0.15) is 0 Å². The number of carbonyl (C=O) groups is 1. The Morgan fingerprint density at radius 3 is 2.77 bits per heavy atom. The zero-order valence-electron chi connectivity index (χ0n) is 12.6. The first-order valence-electron chi connectivity index (χ1n) is 7.82. The van der Waals surface area contributed by atoms with Crippen LogP contribution in [0.1, 0.15) is 24.0 Å². The molecule has 1 fully saturated rings. The van der Waals surface area contributed by atoms with Crippen LogP contribution in [0.15, 0.2) is 24.3 Å². The van der Waals surface area contributed by atoms with Crippen molar-refractivity contribution in [1.82, 2.24) is 10.2 Å². The Morgan fingerprint density at radius 1 is 1.27 bits per heavy atom. The van der Waals surface area contributed by atoms with Crippen molar-refractivity contribution in [2.75, 3.05) is 24.6 Å². The fourth-order valence-electron chi connectivity index (χ4n) is 3.21. The summed E-state index contributed by atoms with van der Waals surface area (Å²) < 4.78 is 22.8. The number of nitrogens with one attached hydrogen (secondary N) is 1. The second-order valence-electron chi connectivity index (χ2n) is 6.14. The second kappa shape index (κ2) is 6.38. The van der Waals surface area contributed by atoms with Gasteiger partial charge in [-0.25, -0.2) is 8.42 Å². The van der Waals surface area contributed by atoms with Gasteiger partial charge in [0.05, 0.1) is 11.5 Å². The molecule has 0 aliphatic carbocycles. The van der Waals surface area contributed by atoms with E-state index in [9.17, 15) is 13.2 Å². The average Bonchev–Trinajstić information content (AvgIpc) is 2.86. The molecule has 2 aliphatic heterocycles. The van der Waals surface area contributed by atoms with E-state index in [-0.39, 0.29) is 23.5 Å². The van der Waals surface area contributed by atoms with E-state index in [0.717, 1.165) is 13.0 Å². The van der Waals surface area contributed by atoms with Crippen molar-refractivity contribution in [2.24, 2.45) is 0 Å². The fourth-order valence-corrected chi connectivity index (χ4v) is 4.91. The Hall–Kier alpha value is -1.40. The van der Waals surface area contributed by atoms with Crippen molar-refractivity contribution in [1.29, 1.82) is 0 Å². The summed E-state index contributed by atoms with van der Waals surface area (Å²) in [7, 11) is -2.86. The number of amides is 1. The van der Waals surface area contributed by atoms with Crippen molar-refractivity contribution in [3.8, 4) is 0 Å². The molecule has 22 heavy (non-hydrogen) atoms. The Labute approximate surface area is 131 Å². The van der Waals surface area contributed by atoms with Crippen LogP contribution in [0.2, 0.25) is 0 Å². The molecule has 3 rings (SSSR count). The molecular weight excluding hydrogens is 300 g/mol. The Kier molecular flexibility index (Phi) is 4.49. The average molecular weight is 322 g/mol. The Balaban J connectivity index is 1.45. The van der Waals surface area contributed by atoms with Gasteiger partial charge in [-0.05, 0) is 24.0 Å². The van der Waals surface area contributed by atoms with Crippen LogP contribution >= 0.6 is 0 Å². The first-order chi connectivity index (χ1) is 10.5. The number of hydrogen-bond acceptors (Lipinski definition) is 4. The van der Waals surface area contributed by atoms with Gasteiger partial charge in [-0.15, -0.1) is 0 Å². The van der Waals surface area contributed by atoms with Crippen molar-refractivity contribution >= 4 is 15.7 Å². The predicted molar refractivity (Wildman–Crippen MR) is 85.2 cm³/mol. The Morgan fingerprint density at radius 2 is 2.05 bits per heavy atom. The number of hydrogen-bond donors (Lipinski definition) is 1. The molecule has 120 valence electrons. The quantitative estimate of drug-likeness (QED) is 0.888. The van der Waals surface area contributed by atoms with E-state index >= 15 is 0 Å². The third-order valence-electron chi connectivity index (χ3n) is 4.49. The van der Waals surface area contributed by atoms with Gasteiger partial charge >= 0.3 is 0 Å². The van der Waals surface area contributed by atoms with E-state index in [0.29, 0.717) is 25.9 Å². The molecule has 1 N–H and O–H groups in total. The van der Waals surface area contributed by atoms with E-state index in [1.54, 1.807) is 0 Å². The highest BCUT2D eigenvalue weighted by atomic mass is 32.2. The lowest BCUT2D eigenvalue weighted by molar-refractivity contribution is -0.132. The molecule has 1 unspecified atom stereocenters. The SMILES string of the molecule is O=C(CCNC1CCS(=O)(=O)C1)N1CCc2ccccc2C1. The van der Waals surface area contributed by atoms with Crippen molar-refractivity contribution in [3.63, 3.8) is 0 Å². The highest BCUT2D eigenvalue weighted by Gasteiger charge is 2.27. The maximum absolute atomic E-state index is 12.3. The number of benzene rings is 1. The zero-order chi connectivity index (χ0) is 15.6. The molecule has 0 bridgehead atoms. The molecule has 0 aromatic heterocycles. The lowest BCUT2D eigenvalue weighted by atomic mass is 10.00. The third kappa shape index (κ3) is 3.67. The molecule has 6 heteroatoms. The van der Waals surface area contributed by atoms with Gasteiger partial charge in [-0.3, -0.25) is 4.79 Å². The summed E-state index contributed by atoms with van der Waals surface area (Å²) in [5.41, 5.74) is 2.57. The topological polar surface area (TPSA) is 66.5 Å². The van der Waals surface area contributed by atoms with Crippen LogP contribution in [0.25, 0.3) is 0 Å². The summed E-state index contributed by atoms with van der Waals surface area (Å²) in [6, 6.07) is 8.26. The number of rotatable bonds is 4. The highest BCUT2D eigenvalue weighted by molar-refractivity contribution is 7.91. The van der Waals surface area contributed by atoms with E-state index < -0.39 is 9.84 Å². The van der Waals surface area contributed by atoms with Crippen LogP contribution in [-0.2, 0) is 27.6 Å². The molecule has 1 aromatic carbocycles. The summed E-state index contributed by atoms with van der Waals surface area (Å²) >= 11 is 0. The summed E-state index contributed by atoms with van der Waals surface area (Å²) in [5, 5.41) is 3.20. The maximum atomic E-state index is 12.3. The number of nitrogens with zero attached hydrogens (tertiary/aromatic N) is 1. The molecule has 1 atom stereocenters. The van der Waals surface area contributed by atoms with Crippen LogP contribution in [0.4, 0.5) is 0 Å². The third-order valence-corrected chi connectivity index (χ3v) is 6.26. The minimum Gasteiger partial charge on any atom is -0.338 e. The first kappa shape index (κ1) is 15.5. The summed E-state index contributed by atoms with van der Waals surface area (Å²) in [6.45, 7) is 2.01. The predicted octanol–water partition coefficient (Wildman–Crippen LogP) is 0.738. The van der Waals surface area contributed by atoms with Crippen LogP contribution < -0.4 is 5.32 Å². The van der Waals surface area contributed by atoms with Crippen LogP contribution in [0.5, 0.6) is 0 Å². The molecule has 1 saturated heterocycles. The molecule has 2 aliphatic rings. The molecule has 2 heterocycles. The molecule has 0 spiro atoms. The van der Waals surface area contributed by atoms with Gasteiger partial charge in [-0.1, -0.05) is 24.3 Å². The normalized spacial score (nSPS) is 23.3. The zero-order valence-corrected chi connectivity index (χ0v) is 13.4. The molecule has 1 aromatic rings. The van der Waals surface area contributed by atoms with Crippen LogP contribution in [-0.4, -0.2) is 49.9 Å². The summed E-state index contributed by atoms with van der Waals surface area (Å²) in [6.07, 6.45) is 2.00. The van der Waals surface area contributed by atoms with Gasteiger partial charge in [0.25, 0.3) is 0 Å². The van der Waals surface area contributed by atoms with E-state index in [1.807, 2.05) is 17.0 Å². The van der Waals surface area contributed by atoms with Gasteiger partial charge in [0.15, 0.2) is 9.84 Å². The van der Waals surface area contributed by atoms with Gasteiger partial charge < -0.3 is 10.2 Å². The van der Waals surface area contributed by atoms with Crippen molar-refractivity contribution in [2.45, 2.75) is 31.8 Å². The minimum atomic E-state index is -2.86. The number of carbonyl (C=O) groups excluding carboxylic acids is 1. The molecule has 0 saturated carbocycles. The Bertz CT molecular complexity index is 657. The number of fused-ring (bicyclic) bond motifs is 1. The number of sulfone groups is 1. The van der Waals surface area contributed by atoms with Crippen molar-refractivity contribution < 1.29 is 13.2 Å². The lowest BCUT2D eigenvalue weighted by Crippen LogP contribution is -2.39. The minimum absolute atomic E-state index is 0.0138. The second-order valence-corrected chi connectivity index (χ2v) is 8.37. The maximum Gasteiger partial charge on any atom is 0.224 e. The first-order valence-corrected chi connectivity index (χ1v) is 9.64. The van der Waals surface area contributed by atoms with Crippen LogP contribution in [0.3, 0.4) is 0 Å². The highest BCUT2D eigenvalue weighted by Crippen LogP contribution is 2.19. The van der Waals surface area contributed by atoms with Gasteiger partial charge in [0.2, 0.25) is 5.91 Å². The summed E-state index contributed by atoms with van der Waals surface area (Å²) in [5.74, 6) is 0.614. The lowest BCUT2D eigenvalue weighted by Gasteiger charge is -2.29. The standard InChI is InChI=1S/C16H22N2O3S/c19-16(5-8-17-15-7-10-22(20,21)12-15)18-9-6-13-3-1-2-4-14(13)11-18/h1-4,15,17H,5-12H2. The molecule has 0 radical (unpaired) electrons. The van der Waals surface area contributed by atoms with Gasteiger partial charge in [0, 0.05) is 32.1 Å². The van der Waals surface area contributed by atoms with E-state index in [4.69, 9.17) is 0 Å².